The summed E-state index contributed by atoms with van der Waals surface area (Å²) in [4.78, 5) is 16.4. The molecule has 0 saturated carbocycles. The molecule has 1 aliphatic heterocycles. The number of carbonyl (C=O) groups excluding carboxylic acids is 1. The number of aryl methyl sites for hydroxylation is 1. The number of esters is 1. The quantitative estimate of drug-likeness (QED) is 0.580. The van der Waals surface area contributed by atoms with Gasteiger partial charge in [-0.3, -0.25) is 0 Å². The number of furan rings is 1. The van der Waals surface area contributed by atoms with Gasteiger partial charge in [0, 0.05) is 18.4 Å². The molecule has 0 atom stereocenters. The van der Waals surface area contributed by atoms with Crippen LogP contribution in [0.2, 0.25) is 0 Å². The van der Waals surface area contributed by atoms with Gasteiger partial charge in [-0.2, -0.15) is 0 Å². The van der Waals surface area contributed by atoms with Crippen LogP contribution in [0, 0.1) is 0 Å². The second kappa shape index (κ2) is 7.38. The van der Waals surface area contributed by atoms with Crippen LogP contribution in [0.3, 0.4) is 0 Å². The summed E-state index contributed by atoms with van der Waals surface area (Å²) in [5, 5.41) is 0. The van der Waals surface area contributed by atoms with E-state index in [2.05, 4.69) is 18.8 Å². The number of nitrogens with zero attached hydrogens (tertiary/aromatic N) is 1. The Balaban J connectivity index is 1.82. The van der Waals surface area contributed by atoms with Gasteiger partial charge in [0.25, 0.3) is 0 Å². The van der Waals surface area contributed by atoms with E-state index in [-0.39, 0.29) is 5.70 Å². The van der Waals surface area contributed by atoms with Gasteiger partial charge < -0.3 is 13.9 Å². The van der Waals surface area contributed by atoms with Gasteiger partial charge in [0.2, 0.25) is 0 Å². The number of ether oxygens (including phenoxy) is 2. The molecule has 0 unspecified atom stereocenters. The van der Waals surface area contributed by atoms with Crippen molar-refractivity contribution in [2.24, 2.45) is 4.99 Å². The zero-order chi connectivity index (χ0) is 17.8. The molecule has 5 heteroatoms. The highest BCUT2D eigenvalue weighted by Gasteiger charge is 2.23. The zero-order valence-electron chi connectivity index (χ0n) is 14.6. The molecule has 0 bridgehead atoms. The fraction of sp³-hybridized carbons (Fsp3) is 0.300. The van der Waals surface area contributed by atoms with Crippen molar-refractivity contribution in [3.05, 3.63) is 59.2 Å². The SMILES string of the molecule is COc1ccc(C(C)C)cc1/C=C1\N=C(CCc2ccco2)OC1=O. The summed E-state index contributed by atoms with van der Waals surface area (Å²) in [5.74, 6) is 1.88. The molecule has 25 heavy (non-hydrogen) atoms. The predicted molar refractivity (Wildman–Crippen MR) is 95.6 cm³/mol. The molecule has 0 spiro atoms. The van der Waals surface area contributed by atoms with Crippen LogP contribution < -0.4 is 4.74 Å². The maximum atomic E-state index is 12.1. The van der Waals surface area contributed by atoms with E-state index >= 15 is 0 Å². The molecule has 0 amide bonds. The molecular weight excluding hydrogens is 318 g/mol. The minimum Gasteiger partial charge on any atom is -0.496 e. The third kappa shape index (κ3) is 3.99. The van der Waals surface area contributed by atoms with Crippen LogP contribution in [0.15, 0.2) is 51.7 Å². The van der Waals surface area contributed by atoms with E-state index in [9.17, 15) is 4.79 Å². The van der Waals surface area contributed by atoms with Crippen molar-refractivity contribution in [2.45, 2.75) is 32.6 Å². The number of aliphatic imine (C=N–C) groups is 1. The maximum absolute atomic E-state index is 12.1. The first-order chi connectivity index (χ1) is 12.1. The van der Waals surface area contributed by atoms with Crippen molar-refractivity contribution < 1.29 is 18.7 Å². The first-order valence-electron chi connectivity index (χ1n) is 8.28. The number of cyclic esters (lactones) is 1. The zero-order valence-corrected chi connectivity index (χ0v) is 14.6. The smallest absolute Gasteiger partial charge is 0.363 e. The first kappa shape index (κ1) is 17.0. The fourth-order valence-corrected chi connectivity index (χ4v) is 2.62. The summed E-state index contributed by atoms with van der Waals surface area (Å²) in [6.45, 7) is 4.24. The molecule has 3 rings (SSSR count). The van der Waals surface area contributed by atoms with Crippen LogP contribution in [0.5, 0.6) is 5.75 Å². The normalized spacial score (nSPS) is 15.6. The Kier molecular flexibility index (Phi) is 5.03. The van der Waals surface area contributed by atoms with Gasteiger partial charge in [0.15, 0.2) is 11.6 Å². The number of hydrogen-bond donors (Lipinski definition) is 0. The Morgan fingerprint density at radius 2 is 2.08 bits per heavy atom. The highest BCUT2D eigenvalue weighted by atomic mass is 16.6. The Labute approximate surface area is 147 Å². The molecule has 0 radical (unpaired) electrons. The van der Waals surface area contributed by atoms with E-state index in [1.54, 1.807) is 19.4 Å². The Morgan fingerprint density at radius 1 is 1.24 bits per heavy atom. The first-order valence-corrected chi connectivity index (χ1v) is 8.28. The number of rotatable bonds is 6. The van der Waals surface area contributed by atoms with E-state index in [1.165, 1.54) is 5.56 Å². The van der Waals surface area contributed by atoms with Crippen LogP contribution in [0.1, 0.15) is 43.1 Å². The molecule has 5 nitrogen and oxygen atoms in total. The minimum absolute atomic E-state index is 0.286. The lowest BCUT2D eigenvalue weighted by atomic mass is 10.00. The maximum Gasteiger partial charge on any atom is 0.363 e. The molecule has 1 aromatic carbocycles. The number of methoxy groups -OCH3 is 1. The van der Waals surface area contributed by atoms with Crippen molar-refractivity contribution in [2.75, 3.05) is 7.11 Å². The Hall–Kier alpha value is -2.82. The number of hydrogen-bond acceptors (Lipinski definition) is 5. The van der Waals surface area contributed by atoms with Gasteiger partial charge in [-0.15, -0.1) is 0 Å². The second-order valence-corrected chi connectivity index (χ2v) is 6.16. The molecule has 1 aliphatic rings. The van der Waals surface area contributed by atoms with Crippen LogP contribution >= 0.6 is 0 Å². The van der Waals surface area contributed by atoms with Crippen LogP contribution in [-0.2, 0) is 16.0 Å². The summed E-state index contributed by atoms with van der Waals surface area (Å²) in [6, 6.07) is 9.66. The summed E-state index contributed by atoms with van der Waals surface area (Å²) in [5.41, 5.74) is 2.27. The van der Waals surface area contributed by atoms with Crippen molar-refractivity contribution >= 4 is 17.9 Å². The van der Waals surface area contributed by atoms with Gasteiger partial charge >= 0.3 is 5.97 Å². The average molecular weight is 339 g/mol. The lowest BCUT2D eigenvalue weighted by Crippen LogP contribution is -2.05. The largest absolute Gasteiger partial charge is 0.496 e. The highest BCUT2D eigenvalue weighted by Crippen LogP contribution is 2.28. The van der Waals surface area contributed by atoms with Gasteiger partial charge in [-0.25, -0.2) is 9.79 Å². The molecule has 0 saturated heterocycles. The van der Waals surface area contributed by atoms with Crippen molar-refractivity contribution in [1.29, 1.82) is 0 Å². The van der Waals surface area contributed by atoms with E-state index in [1.807, 2.05) is 30.3 Å². The molecule has 130 valence electrons. The average Bonchev–Trinajstić information content (AvgIpc) is 3.23. The van der Waals surface area contributed by atoms with Gasteiger partial charge in [-0.05, 0) is 41.8 Å². The van der Waals surface area contributed by atoms with Crippen LogP contribution in [-0.4, -0.2) is 19.0 Å². The molecule has 1 aromatic heterocycles. The topological polar surface area (TPSA) is 61.0 Å². The van der Waals surface area contributed by atoms with Gasteiger partial charge in [0.1, 0.15) is 11.5 Å². The van der Waals surface area contributed by atoms with E-state index in [4.69, 9.17) is 13.9 Å². The van der Waals surface area contributed by atoms with E-state index in [0.29, 0.717) is 30.4 Å². The lowest BCUT2D eigenvalue weighted by Gasteiger charge is -2.10. The van der Waals surface area contributed by atoms with E-state index < -0.39 is 5.97 Å². The molecule has 0 N–H and O–H groups in total. The molecule has 2 heterocycles. The minimum atomic E-state index is -0.438. The summed E-state index contributed by atoms with van der Waals surface area (Å²) in [7, 11) is 1.61. The number of benzene rings is 1. The predicted octanol–water partition coefficient (Wildman–Crippen LogP) is 4.34. The third-order valence-electron chi connectivity index (χ3n) is 4.04. The standard InChI is InChI=1S/C20H21NO4/c1-13(2)14-6-8-18(23-3)15(11-14)12-17-20(22)25-19(21-17)9-7-16-5-4-10-24-16/h4-6,8,10-13H,7,9H2,1-3H3/b17-12-. The van der Waals surface area contributed by atoms with Gasteiger partial charge in [-0.1, -0.05) is 19.9 Å². The number of carbonyl (C=O) groups is 1. The van der Waals surface area contributed by atoms with Crippen LogP contribution in [0.25, 0.3) is 6.08 Å². The van der Waals surface area contributed by atoms with Crippen molar-refractivity contribution in [3.63, 3.8) is 0 Å². The fourth-order valence-electron chi connectivity index (χ4n) is 2.62. The summed E-state index contributed by atoms with van der Waals surface area (Å²) in [6.07, 6.45) is 4.49. The summed E-state index contributed by atoms with van der Waals surface area (Å²) < 4.78 is 15.9. The second-order valence-electron chi connectivity index (χ2n) is 6.16. The van der Waals surface area contributed by atoms with Crippen LogP contribution in [0.4, 0.5) is 0 Å². The van der Waals surface area contributed by atoms with E-state index in [0.717, 1.165) is 11.3 Å². The molecule has 0 fully saturated rings. The van der Waals surface area contributed by atoms with Gasteiger partial charge in [0.05, 0.1) is 13.4 Å². The molecule has 0 aliphatic carbocycles. The lowest BCUT2D eigenvalue weighted by molar-refractivity contribution is -0.130. The highest BCUT2D eigenvalue weighted by molar-refractivity contribution is 6.07. The Morgan fingerprint density at radius 3 is 2.76 bits per heavy atom. The molecular formula is C20H21NO4. The third-order valence-corrected chi connectivity index (χ3v) is 4.04. The molecule has 2 aromatic rings. The Bertz CT molecular complexity index is 816. The van der Waals surface area contributed by atoms with Crippen molar-refractivity contribution in [3.8, 4) is 5.75 Å². The van der Waals surface area contributed by atoms with Crippen molar-refractivity contribution in [1.82, 2.24) is 0 Å². The summed E-state index contributed by atoms with van der Waals surface area (Å²) >= 11 is 0. The monoisotopic (exact) mass is 339 g/mol.